The molecule has 0 bridgehead atoms. The Hall–Kier alpha value is -0.720. The minimum Gasteiger partial charge on any atom is -0.368 e. The van der Waals surface area contributed by atoms with Crippen molar-refractivity contribution in [2.75, 3.05) is 13.1 Å². The Morgan fingerprint density at radius 1 is 1.44 bits per heavy atom. The van der Waals surface area contributed by atoms with Gasteiger partial charge < -0.3 is 4.90 Å². The van der Waals surface area contributed by atoms with Crippen LogP contribution in [0.2, 0.25) is 0 Å². The first-order valence-electron chi connectivity index (χ1n) is 3.58. The minimum atomic E-state index is 1.14. The highest BCUT2D eigenvalue weighted by Gasteiger charge is 2.12. The topological polar surface area (TPSA) is 3.24 Å². The molecule has 2 aliphatic rings. The molecule has 0 atom stereocenters. The molecule has 0 fully saturated rings. The van der Waals surface area contributed by atoms with Crippen molar-refractivity contribution in [2.24, 2.45) is 0 Å². The lowest BCUT2D eigenvalue weighted by atomic mass is 10.2. The van der Waals surface area contributed by atoms with Crippen LogP contribution in [-0.4, -0.2) is 18.0 Å². The van der Waals surface area contributed by atoms with Crippen molar-refractivity contribution in [3.8, 4) is 0 Å². The molecule has 9 heavy (non-hydrogen) atoms. The molecule has 48 valence electrons. The van der Waals surface area contributed by atoms with Crippen LogP contribution in [0.25, 0.3) is 0 Å². The van der Waals surface area contributed by atoms with Gasteiger partial charge in [0.1, 0.15) is 0 Å². The van der Waals surface area contributed by atoms with Gasteiger partial charge in [-0.05, 0) is 18.9 Å². The number of hydrogen-bond acceptors (Lipinski definition) is 1. The maximum atomic E-state index is 2.42. The second-order valence-corrected chi connectivity index (χ2v) is 2.62. The molecule has 0 amide bonds. The Kier molecular flexibility index (Phi) is 1.08. The number of allylic oxidation sites excluding steroid dienone is 2. The van der Waals surface area contributed by atoms with Crippen LogP contribution >= 0.6 is 0 Å². The summed E-state index contributed by atoms with van der Waals surface area (Å²) in [5.74, 6) is 0. The minimum absolute atomic E-state index is 1.14. The summed E-state index contributed by atoms with van der Waals surface area (Å²) in [5.41, 5.74) is 1.45. The molecule has 0 N–H and O–H groups in total. The van der Waals surface area contributed by atoms with Gasteiger partial charge in [0.05, 0.1) is 0 Å². The lowest BCUT2D eigenvalue weighted by Crippen LogP contribution is -2.22. The monoisotopic (exact) mass is 121 g/mol. The van der Waals surface area contributed by atoms with Gasteiger partial charge in [0.25, 0.3) is 0 Å². The molecule has 0 radical (unpaired) electrons. The molecule has 2 heterocycles. The van der Waals surface area contributed by atoms with Gasteiger partial charge in [-0.2, -0.15) is 0 Å². The molecule has 0 aliphatic carbocycles. The van der Waals surface area contributed by atoms with E-state index in [0.29, 0.717) is 0 Å². The lowest BCUT2D eigenvalue weighted by Gasteiger charge is -2.23. The summed E-state index contributed by atoms with van der Waals surface area (Å²) in [6.07, 6.45) is 9.39. The van der Waals surface area contributed by atoms with E-state index in [1.54, 1.807) is 0 Å². The van der Waals surface area contributed by atoms with Gasteiger partial charge in [-0.3, -0.25) is 0 Å². The Balaban J connectivity index is 2.23. The highest BCUT2D eigenvalue weighted by atomic mass is 15.1. The number of rotatable bonds is 0. The Bertz CT molecular complexity index is 167. The molecule has 0 unspecified atom stereocenters. The number of nitrogens with zero attached hydrogens (tertiary/aromatic N) is 1. The van der Waals surface area contributed by atoms with Gasteiger partial charge in [-0.1, -0.05) is 12.2 Å². The van der Waals surface area contributed by atoms with Gasteiger partial charge in [-0.25, -0.2) is 0 Å². The Morgan fingerprint density at radius 2 is 2.44 bits per heavy atom. The first kappa shape index (κ1) is 5.10. The van der Waals surface area contributed by atoms with Gasteiger partial charge in [0.2, 0.25) is 0 Å². The van der Waals surface area contributed by atoms with E-state index >= 15 is 0 Å². The van der Waals surface area contributed by atoms with Crippen molar-refractivity contribution in [1.29, 1.82) is 0 Å². The van der Waals surface area contributed by atoms with Crippen LogP contribution < -0.4 is 0 Å². The van der Waals surface area contributed by atoms with E-state index in [1.165, 1.54) is 25.1 Å². The van der Waals surface area contributed by atoms with E-state index < -0.39 is 0 Å². The van der Waals surface area contributed by atoms with Crippen LogP contribution in [0.4, 0.5) is 0 Å². The van der Waals surface area contributed by atoms with Crippen LogP contribution in [-0.2, 0) is 0 Å². The highest BCUT2D eigenvalue weighted by Crippen LogP contribution is 2.19. The molecule has 2 aliphatic heterocycles. The summed E-state index contributed by atoms with van der Waals surface area (Å²) >= 11 is 0. The van der Waals surface area contributed by atoms with Gasteiger partial charge >= 0.3 is 0 Å². The standard InChI is InChI=1S/C8H11N/c1-2-6-9-7-3-5-8(9)4-1/h3-5H,1-2,6-7H2. The van der Waals surface area contributed by atoms with E-state index in [1.807, 2.05) is 0 Å². The summed E-state index contributed by atoms with van der Waals surface area (Å²) in [5, 5.41) is 0. The first-order valence-corrected chi connectivity index (χ1v) is 3.58. The third-order valence-corrected chi connectivity index (χ3v) is 1.97. The predicted octanol–water partition coefficient (Wildman–Crippen LogP) is 1.54. The molecule has 1 heteroatoms. The summed E-state index contributed by atoms with van der Waals surface area (Å²) in [6, 6.07) is 0. The zero-order valence-corrected chi connectivity index (χ0v) is 5.51. The maximum Gasteiger partial charge on any atom is 0.0363 e. The molecule has 1 nitrogen and oxygen atoms in total. The van der Waals surface area contributed by atoms with E-state index in [0.717, 1.165) is 6.54 Å². The average molecular weight is 121 g/mol. The van der Waals surface area contributed by atoms with Crippen LogP contribution in [0, 0.1) is 0 Å². The fraction of sp³-hybridized carbons (Fsp3) is 0.500. The molecular weight excluding hydrogens is 110 g/mol. The molecule has 0 aromatic heterocycles. The first-order chi connectivity index (χ1) is 4.47. The summed E-state index contributed by atoms with van der Waals surface area (Å²) in [4.78, 5) is 2.42. The van der Waals surface area contributed by atoms with Crippen molar-refractivity contribution in [1.82, 2.24) is 4.90 Å². The average Bonchev–Trinajstić information content (AvgIpc) is 2.33. The van der Waals surface area contributed by atoms with E-state index in [4.69, 9.17) is 0 Å². The molecule has 0 aromatic carbocycles. The SMILES string of the molecule is C1=CC2=CCCCN2C1. The normalized spacial score (nSPS) is 24.0. The second-order valence-electron chi connectivity index (χ2n) is 2.62. The third kappa shape index (κ3) is 0.766. The maximum absolute atomic E-state index is 2.42. The summed E-state index contributed by atoms with van der Waals surface area (Å²) < 4.78 is 0. The van der Waals surface area contributed by atoms with Gasteiger partial charge in [0.15, 0.2) is 0 Å². The van der Waals surface area contributed by atoms with Crippen molar-refractivity contribution in [3.63, 3.8) is 0 Å². The molecular formula is C8H11N. The fourth-order valence-electron chi connectivity index (χ4n) is 1.46. The largest absolute Gasteiger partial charge is 0.368 e. The lowest BCUT2D eigenvalue weighted by molar-refractivity contribution is 0.381. The van der Waals surface area contributed by atoms with E-state index in [9.17, 15) is 0 Å². The molecule has 0 saturated heterocycles. The molecule has 2 rings (SSSR count). The molecule has 0 spiro atoms. The van der Waals surface area contributed by atoms with Crippen molar-refractivity contribution in [3.05, 3.63) is 23.9 Å². The van der Waals surface area contributed by atoms with Gasteiger partial charge in [-0.15, -0.1) is 0 Å². The quantitative estimate of drug-likeness (QED) is 0.470. The van der Waals surface area contributed by atoms with Crippen molar-refractivity contribution in [2.45, 2.75) is 12.8 Å². The Morgan fingerprint density at radius 3 is 3.33 bits per heavy atom. The molecule has 0 saturated carbocycles. The van der Waals surface area contributed by atoms with E-state index in [-0.39, 0.29) is 0 Å². The van der Waals surface area contributed by atoms with Crippen LogP contribution in [0.15, 0.2) is 23.9 Å². The molecule has 0 aromatic rings. The van der Waals surface area contributed by atoms with Crippen molar-refractivity contribution < 1.29 is 0 Å². The highest BCUT2D eigenvalue weighted by molar-refractivity contribution is 5.25. The summed E-state index contributed by atoms with van der Waals surface area (Å²) in [7, 11) is 0. The predicted molar refractivity (Wildman–Crippen MR) is 38.0 cm³/mol. The summed E-state index contributed by atoms with van der Waals surface area (Å²) in [6.45, 7) is 2.41. The van der Waals surface area contributed by atoms with Gasteiger partial charge in [0, 0.05) is 18.8 Å². The smallest absolute Gasteiger partial charge is 0.0363 e. The third-order valence-electron chi connectivity index (χ3n) is 1.97. The van der Waals surface area contributed by atoms with Crippen LogP contribution in [0.3, 0.4) is 0 Å². The fourth-order valence-corrected chi connectivity index (χ4v) is 1.46. The number of fused-ring (bicyclic) bond motifs is 1. The zero-order valence-electron chi connectivity index (χ0n) is 5.51. The number of hydrogen-bond donors (Lipinski definition) is 0. The zero-order chi connectivity index (χ0) is 6.10. The second kappa shape index (κ2) is 1.90. The van der Waals surface area contributed by atoms with Crippen molar-refractivity contribution >= 4 is 0 Å². The Labute approximate surface area is 55.7 Å². The van der Waals surface area contributed by atoms with E-state index in [2.05, 4.69) is 23.1 Å². The van der Waals surface area contributed by atoms with Crippen LogP contribution in [0.1, 0.15) is 12.8 Å². The van der Waals surface area contributed by atoms with Crippen LogP contribution in [0.5, 0.6) is 0 Å².